The smallest absolute Gasteiger partial charge is 0.243 e. The van der Waals surface area contributed by atoms with Crippen LogP contribution in [0.2, 0.25) is 10.0 Å². The molecule has 1 aliphatic rings. The summed E-state index contributed by atoms with van der Waals surface area (Å²) in [5, 5.41) is 0.798. The van der Waals surface area contributed by atoms with Crippen molar-refractivity contribution >= 4 is 45.1 Å². The first-order chi connectivity index (χ1) is 13.4. The van der Waals surface area contributed by atoms with Gasteiger partial charge in [0.2, 0.25) is 10.0 Å². The number of sulfonamides is 1. The van der Waals surface area contributed by atoms with E-state index < -0.39 is 10.0 Å². The van der Waals surface area contributed by atoms with Gasteiger partial charge < -0.3 is 0 Å². The number of nitrogens with zero attached hydrogens (tertiary/aromatic N) is 1. The number of rotatable bonds is 5. The van der Waals surface area contributed by atoms with Gasteiger partial charge in [-0.15, -0.1) is 0 Å². The van der Waals surface area contributed by atoms with Crippen LogP contribution in [0.3, 0.4) is 0 Å². The van der Waals surface area contributed by atoms with Gasteiger partial charge in [-0.2, -0.15) is 4.31 Å². The highest BCUT2D eigenvalue weighted by atomic mass is 35.5. The fraction of sp³-hybridized carbons (Fsp3) is 0.286. The van der Waals surface area contributed by atoms with E-state index in [4.69, 9.17) is 23.2 Å². The Morgan fingerprint density at radius 3 is 2.21 bits per heavy atom. The predicted molar refractivity (Wildman–Crippen MR) is 113 cm³/mol. The van der Waals surface area contributed by atoms with Gasteiger partial charge in [0.15, 0.2) is 5.78 Å². The number of hydrogen-bond acceptors (Lipinski definition) is 3. The molecule has 0 unspecified atom stereocenters. The molecule has 148 valence electrons. The number of halogens is 2. The van der Waals surface area contributed by atoms with Crippen molar-refractivity contribution in [3.8, 4) is 0 Å². The van der Waals surface area contributed by atoms with E-state index in [-0.39, 0.29) is 10.7 Å². The fourth-order valence-electron chi connectivity index (χ4n) is 3.13. The van der Waals surface area contributed by atoms with Gasteiger partial charge in [0, 0.05) is 18.7 Å². The molecule has 0 saturated carbocycles. The predicted octanol–water partition coefficient (Wildman–Crippen LogP) is 5.45. The van der Waals surface area contributed by atoms with Crippen molar-refractivity contribution in [2.75, 3.05) is 13.1 Å². The van der Waals surface area contributed by atoms with Gasteiger partial charge in [-0.3, -0.25) is 4.79 Å². The summed E-state index contributed by atoms with van der Waals surface area (Å²) < 4.78 is 27.1. The summed E-state index contributed by atoms with van der Waals surface area (Å²) in [6, 6.07) is 11.2. The maximum Gasteiger partial charge on any atom is 0.243 e. The Bertz CT molecular complexity index is 977. The second-order valence-electron chi connectivity index (χ2n) is 6.68. The van der Waals surface area contributed by atoms with E-state index >= 15 is 0 Å². The summed E-state index contributed by atoms with van der Waals surface area (Å²) in [5.41, 5.74) is 1.05. The van der Waals surface area contributed by atoms with Crippen molar-refractivity contribution in [1.82, 2.24) is 4.31 Å². The van der Waals surface area contributed by atoms with Crippen molar-refractivity contribution < 1.29 is 13.2 Å². The van der Waals surface area contributed by atoms with E-state index in [2.05, 4.69) is 0 Å². The molecule has 0 aromatic heterocycles. The van der Waals surface area contributed by atoms with Crippen LogP contribution in [-0.4, -0.2) is 31.6 Å². The van der Waals surface area contributed by atoms with Gasteiger partial charge in [0.05, 0.1) is 14.9 Å². The maximum absolute atomic E-state index is 12.8. The van der Waals surface area contributed by atoms with Crippen LogP contribution in [0.5, 0.6) is 0 Å². The van der Waals surface area contributed by atoms with Crippen LogP contribution in [-0.2, 0) is 10.0 Å². The Morgan fingerprint density at radius 1 is 0.929 bits per heavy atom. The van der Waals surface area contributed by atoms with Crippen LogP contribution in [0.15, 0.2) is 53.4 Å². The molecule has 2 aromatic carbocycles. The third kappa shape index (κ3) is 4.84. The lowest BCUT2D eigenvalue weighted by Gasteiger charge is -2.19. The van der Waals surface area contributed by atoms with E-state index in [1.165, 1.54) is 34.6 Å². The lowest BCUT2D eigenvalue weighted by molar-refractivity contribution is 0.104. The lowest BCUT2D eigenvalue weighted by atomic mass is 10.1. The van der Waals surface area contributed by atoms with E-state index in [0.29, 0.717) is 34.3 Å². The molecule has 1 heterocycles. The van der Waals surface area contributed by atoms with E-state index in [0.717, 1.165) is 25.7 Å². The number of carbonyl (C=O) groups excluding carboxylic acids is 1. The third-order valence-corrected chi connectivity index (χ3v) is 7.48. The molecule has 1 aliphatic heterocycles. The normalized spacial score (nSPS) is 16.2. The largest absolute Gasteiger partial charge is 0.289 e. The first kappa shape index (κ1) is 21.1. The summed E-state index contributed by atoms with van der Waals surface area (Å²) in [6.07, 6.45) is 6.87. The standard InChI is InChI=1S/C21H21Cl2NO3S/c22-19-7-5-6-17(21(19)23)10-13-20(25)16-8-11-18(12-9-16)28(26,27)24-14-3-1-2-4-15-24/h5-13H,1-4,14-15H2/b13-10+. The van der Waals surface area contributed by atoms with Gasteiger partial charge in [0.1, 0.15) is 0 Å². The second-order valence-corrected chi connectivity index (χ2v) is 9.41. The highest BCUT2D eigenvalue weighted by Crippen LogP contribution is 2.26. The SMILES string of the molecule is O=C(/C=C/c1cccc(Cl)c1Cl)c1ccc(S(=O)(=O)N2CCCCCC2)cc1. The Hall–Kier alpha value is -1.66. The zero-order valence-electron chi connectivity index (χ0n) is 15.3. The van der Waals surface area contributed by atoms with Crippen molar-refractivity contribution in [3.63, 3.8) is 0 Å². The first-order valence-corrected chi connectivity index (χ1v) is 11.4. The van der Waals surface area contributed by atoms with Crippen molar-refractivity contribution in [1.29, 1.82) is 0 Å². The highest BCUT2D eigenvalue weighted by Gasteiger charge is 2.25. The molecule has 7 heteroatoms. The summed E-state index contributed by atoms with van der Waals surface area (Å²) >= 11 is 12.1. The minimum atomic E-state index is -3.52. The van der Waals surface area contributed by atoms with Crippen LogP contribution in [0.4, 0.5) is 0 Å². The van der Waals surface area contributed by atoms with Crippen molar-refractivity contribution in [2.45, 2.75) is 30.6 Å². The summed E-state index contributed by atoms with van der Waals surface area (Å²) in [7, 11) is -3.52. The molecular formula is C21H21Cl2NO3S. The van der Waals surface area contributed by atoms with Gasteiger partial charge >= 0.3 is 0 Å². The number of benzene rings is 2. The number of allylic oxidation sites excluding steroid dienone is 1. The van der Waals surface area contributed by atoms with E-state index in [1.807, 2.05) is 0 Å². The molecule has 0 N–H and O–H groups in total. The molecule has 0 spiro atoms. The Morgan fingerprint density at radius 2 is 1.57 bits per heavy atom. The minimum Gasteiger partial charge on any atom is -0.289 e. The quantitative estimate of drug-likeness (QED) is 0.461. The molecule has 0 atom stereocenters. The summed E-state index contributed by atoms with van der Waals surface area (Å²) in [6.45, 7) is 1.10. The Labute approximate surface area is 175 Å². The molecule has 0 amide bonds. The summed E-state index contributed by atoms with van der Waals surface area (Å²) in [4.78, 5) is 12.6. The molecule has 1 saturated heterocycles. The average Bonchev–Trinajstić information content (AvgIpc) is 2.99. The average molecular weight is 438 g/mol. The van der Waals surface area contributed by atoms with Crippen molar-refractivity contribution in [2.24, 2.45) is 0 Å². The zero-order valence-corrected chi connectivity index (χ0v) is 17.6. The topological polar surface area (TPSA) is 54.5 Å². The lowest BCUT2D eigenvalue weighted by Crippen LogP contribution is -2.31. The zero-order chi connectivity index (χ0) is 20.1. The van der Waals surface area contributed by atoms with Crippen LogP contribution >= 0.6 is 23.2 Å². The third-order valence-electron chi connectivity index (χ3n) is 4.74. The molecule has 4 nitrogen and oxygen atoms in total. The molecule has 0 aliphatic carbocycles. The number of ketones is 1. The van der Waals surface area contributed by atoms with Gasteiger partial charge in [-0.25, -0.2) is 8.42 Å². The van der Waals surface area contributed by atoms with Crippen LogP contribution in [0.1, 0.15) is 41.6 Å². The summed E-state index contributed by atoms with van der Waals surface area (Å²) in [5.74, 6) is -0.241. The van der Waals surface area contributed by atoms with E-state index in [9.17, 15) is 13.2 Å². The maximum atomic E-state index is 12.8. The van der Waals surface area contributed by atoms with Crippen LogP contribution in [0, 0.1) is 0 Å². The van der Waals surface area contributed by atoms with E-state index in [1.54, 1.807) is 24.3 Å². The fourth-order valence-corrected chi connectivity index (χ4v) is 5.02. The second kappa shape index (κ2) is 9.23. The van der Waals surface area contributed by atoms with Gasteiger partial charge in [-0.05, 0) is 60.9 Å². The van der Waals surface area contributed by atoms with Gasteiger partial charge in [0.25, 0.3) is 0 Å². The highest BCUT2D eigenvalue weighted by molar-refractivity contribution is 7.89. The van der Waals surface area contributed by atoms with Crippen molar-refractivity contribution in [3.05, 3.63) is 69.7 Å². The first-order valence-electron chi connectivity index (χ1n) is 9.16. The van der Waals surface area contributed by atoms with Gasteiger partial charge in [-0.1, -0.05) is 48.2 Å². The Kier molecular flexibility index (Phi) is 6.94. The molecule has 2 aromatic rings. The molecular weight excluding hydrogens is 417 g/mol. The Balaban J connectivity index is 1.75. The molecule has 0 bridgehead atoms. The number of carbonyl (C=O) groups is 1. The molecule has 3 rings (SSSR count). The molecule has 28 heavy (non-hydrogen) atoms. The van der Waals surface area contributed by atoms with Crippen LogP contribution in [0.25, 0.3) is 6.08 Å². The van der Waals surface area contributed by atoms with Crippen LogP contribution < -0.4 is 0 Å². The number of hydrogen-bond donors (Lipinski definition) is 0. The minimum absolute atomic E-state index is 0.216. The monoisotopic (exact) mass is 437 g/mol. The molecule has 1 fully saturated rings. The molecule has 0 radical (unpaired) electrons.